The first kappa shape index (κ1) is 18.2. The van der Waals surface area contributed by atoms with Gasteiger partial charge in [-0.2, -0.15) is 0 Å². The zero-order chi connectivity index (χ0) is 16.1. The zero-order valence-electron chi connectivity index (χ0n) is 13.3. The predicted molar refractivity (Wildman–Crippen MR) is 108 cm³/mol. The molecule has 0 aliphatic heterocycles. The van der Waals surface area contributed by atoms with Gasteiger partial charge in [-0.25, -0.2) is 9.98 Å². The van der Waals surface area contributed by atoms with Gasteiger partial charge in [0.1, 0.15) is 0 Å². The van der Waals surface area contributed by atoms with Crippen molar-refractivity contribution in [3.63, 3.8) is 0 Å². The fourth-order valence-electron chi connectivity index (χ4n) is 2.22. The van der Waals surface area contributed by atoms with E-state index in [0.717, 1.165) is 22.0 Å². The predicted octanol–water partition coefficient (Wildman–Crippen LogP) is 4.62. The molecule has 0 aliphatic rings. The maximum absolute atomic E-state index is 5.94. The van der Waals surface area contributed by atoms with Crippen molar-refractivity contribution in [1.82, 2.24) is 4.98 Å². The summed E-state index contributed by atoms with van der Waals surface area (Å²) in [5.41, 5.74) is 10.3. The van der Waals surface area contributed by atoms with Gasteiger partial charge in [0.15, 0.2) is 11.1 Å². The number of hydrogen-bond acceptors (Lipinski definition) is 3. The smallest absolute Gasteiger partial charge is 0.195 e. The second kappa shape index (κ2) is 8.61. The SMILES string of the molecule is Br.Cc1ccccc1-c1csc(NC(N)=NCc2ccccc2)n1. The average molecular weight is 403 g/mol. The van der Waals surface area contributed by atoms with Crippen molar-refractivity contribution >= 4 is 39.4 Å². The normalized spacial score (nSPS) is 11.0. The third-order valence-electron chi connectivity index (χ3n) is 3.44. The number of nitrogens with one attached hydrogen (secondary N) is 1. The lowest BCUT2D eigenvalue weighted by molar-refractivity contribution is 1.06. The number of thiazole rings is 1. The van der Waals surface area contributed by atoms with Crippen LogP contribution in [-0.2, 0) is 6.54 Å². The van der Waals surface area contributed by atoms with E-state index in [-0.39, 0.29) is 17.0 Å². The number of aryl methyl sites for hydroxylation is 1. The van der Waals surface area contributed by atoms with Crippen LogP contribution >= 0.6 is 28.3 Å². The van der Waals surface area contributed by atoms with Crippen molar-refractivity contribution in [1.29, 1.82) is 0 Å². The molecule has 0 bridgehead atoms. The Morgan fingerprint density at radius 1 is 1.12 bits per heavy atom. The van der Waals surface area contributed by atoms with Gasteiger partial charge in [0.2, 0.25) is 0 Å². The molecule has 0 spiro atoms. The Morgan fingerprint density at radius 2 is 1.83 bits per heavy atom. The van der Waals surface area contributed by atoms with Gasteiger partial charge in [0.25, 0.3) is 0 Å². The number of hydrogen-bond donors (Lipinski definition) is 2. The Labute approximate surface area is 156 Å². The molecule has 2 aromatic carbocycles. The van der Waals surface area contributed by atoms with E-state index in [2.05, 4.69) is 34.3 Å². The molecule has 0 unspecified atom stereocenters. The lowest BCUT2D eigenvalue weighted by Crippen LogP contribution is -2.22. The van der Waals surface area contributed by atoms with Gasteiger partial charge in [-0.3, -0.25) is 0 Å². The van der Waals surface area contributed by atoms with Crippen molar-refractivity contribution in [2.75, 3.05) is 5.32 Å². The number of guanidine groups is 1. The van der Waals surface area contributed by atoms with Crippen LogP contribution < -0.4 is 11.1 Å². The molecular formula is C18H19BrN4S. The zero-order valence-corrected chi connectivity index (χ0v) is 15.8. The molecule has 6 heteroatoms. The topological polar surface area (TPSA) is 63.3 Å². The van der Waals surface area contributed by atoms with E-state index < -0.39 is 0 Å². The minimum absolute atomic E-state index is 0. The monoisotopic (exact) mass is 402 g/mol. The highest BCUT2D eigenvalue weighted by Gasteiger charge is 2.07. The summed E-state index contributed by atoms with van der Waals surface area (Å²) in [6, 6.07) is 18.2. The highest BCUT2D eigenvalue weighted by Crippen LogP contribution is 2.27. The van der Waals surface area contributed by atoms with E-state index in [9.17, 15) is 0 Å². The molecule has 0 saturated carbocycles. The lowest BCUT2D eigenvalue weighted by atomic mass is 10.1. The van der Waals surface area contributed by atoms with Crippen LogP contribution in [0.4, 0.5) is 5.13 Å². The molecule has 1 heterocycles. The second-order valence-corrected chi connectivity index (χ2v) is 6.02. The van der Waals surface area contributed by atoms with Gasteiger partial charge in [-0.15, -0.1) is 28.3 Å². The Morgan fingerprint density at radius 3 is 2.58 bits per heavy atom. The van der Waals surface area contributed by atoms with Crippen LogP contribution in [0.2, 0.25) is 0 Å². The van der Waals surface area contributed by atoms with Crippen LogP contribution in [0.3, 0.4) is 0 Å². The van der Waals surface area contributed by atoms with Crippen LogP contribution in [0.1, 0.15) is 11.1 Å². The summed E-state index contributed by atoms with van der Waals surface area (Å²) in [6.07, 6.45) is 0. The van der Waals surface area contributed by atoms with Crippen LogP contribution in [-0.4, -0.2) is 10.9 Å². The molecule has 24 heavy (non-hydrogen) atoms. The average Bonchev–Trinajstić information content (AvgIpc) is 3.02. The van der Waals surface area contributed by atoms with Crippen LogP contribution in [0.5, 0.6) is 0 Å². The van der Waals surface area contributed by atoms with Crippen molar-refractivity contribution in [2.24, 2.45) is 10.7 Å². The molecule has 3 aromatic rings. The summed E-state index contributed by atoms with van der Waals surface area (Å²) in [7, 11) is 0. The fourth-order valence-corrected chi connectivity index (χ4v) is 2.94. The molecular weight excluding hydrogens is 384 g/mol. The summed E-state index contributed by atoms with van der Waals surface area (Å²) in [6.45, 7) is 2.63. The Balaban J connectivity index is 0.00000208. The van der Waals surface area contributed by atoms with Crippen LogP contribution in [0, 0.1) is 6.92 Å². The molecule has 0 atom stereocenters. The van der Waals surface area contributed by atoms with E-state index >= 15 is 0 Å². The molecule has 124 valence electrons. The summed E-state index contributed by atoms with van der Waals surface area (Å²) >= 11 is 1.52. The third-order valence-corrected chi connectivity index (χ3v) is 4.19. The van der Waals surface area contributed by atoms with Crippen molar-refractivity contribution in [3.05, 3.63) is 71.1 Å². The molecule has 1 aromatic heterocycles. The quantitative estimate of drug-likeness (QED) is 0.494. The van der Waals surface area contributed by atoms with E-state index in [1.165, 1.54) is 16.9 Å². The maximum Gasteiger partial charge on any atom is 0.195 e. The fraction of sp³-hybridized carbons (Fsp3) is 0.111. The van der Waals surface area contributed by atoms with Gasteiger partial charge in [0.05, 0.1) is 12.2 Å². The molecule has 0 fully saturated rings. The Bertz CT molecular complexity index is 815. The first-order chi connectivity index (χ1) is 11.2. The number of nitrogens with two attached hydrogens (primary N) is 1. The summed E-state index contributed by atoms with van der Waals surface area (Å²) in [5, 5.41) is 5.83. The van der Waals surface area contributed by atoms with Gasteiger partial charge in [0, 0.05) is 10.9 Å². The standard InChI is InChI=1S/C18H18N4S.BrH/c1-13-7-5-6-10-15(13)16-12-23-18(21-16)22-17(19)20-11-14-8-3-2-4-9-14;/h2-10,12H,11H2,1H3,(H3,19,20,21,22);1H. The van der Waals surface area contributed by atoms with Crippen molar-refractivity contribution < 1.29 is 0 Å². The first-order valence-corrected chi connectivity index (χ1v) is 8.23. The van der Waals surface area contributed by atoms with Gasteiger partial charge < -0.3 is 11.1 Å². The minimum atomic E-state index is 0. The number of nitrogens with zero attached hydrogens (tertiary/aromatic N) is 2. The van der Waals surface area contributed by atoms with E-state index in [0.29, 0.717) is 12.5 Å². The Kier molecular flexibility index (Phi) is 6.52. The summed E-state index contributed by atoms with van der Waals surface area (Å²) in [5.74, 6) is 0.375. The van der Waals surface area contributed by atoms with Gasteiger partial charge in [-0.1, -0.05) is 54.6 Å². The molecule has 3 N–H and O–H groups in total. The van der Waals surface area contributed by atoms with Crippen LogP contribution in [0.25, 0.3) is 11.3 Å². The number of anilines is 1. The first-order valence-electron chi connectivity index (χ1n) is 7.35. The number of rotatable bonds is 4. The highest BCUT2D eigenvalue weighted by atomic mass is 79.9. The minimum Gasteiger partial charge on any atom is -0.370 e. The summed E-state index contributed by atoms with van der Waals surface area (Å²) in [4.78, 5) is 8.92. The van der Waals surface area contributed by atoms with E-state index in [1.807, 2.05) is 47.8 Å². The van der Waals surface area contributed by atoms with Gasteiger partial charge >= 0.3 is 0 Å². The van der Waals surface area contributed by atoms with Crippen LogP contribution in [0.15, 0.2) is 65.0 Å². The van der Waals surface area contributed by atoms with E-state index in [1.54, 1.807) is 0 Å². The highest BCUT2D eigenvalue weighted by molar-refractivity contribution is 8.93. The number of halogens is 1. The molecule has 0 amide bonds. The van der Waals surface area contributed by atoms with Crippen molar-refractivity contribution in [2.45, 2.75) is 13.5 Å². The van der Waals surface area contributed by atoms with Gasteiger partial charge in [-0.05, 0) is 18.1 Å². The lowest BCUT2D eigenvalue weighted by Gasteiger charge is -2.03. The summed E-state index contributed by atoms with van der Waals surface area (Å²) < 4.78 is 0. The third kappa shape index (κ3) is 4.66. The molecule has 4 nitrogen and oxygen atoms in total. The largest absolute Gasteiger partial charge is 0.370 e. The number of aromatic nitrogens is 1. The molecule has 0 radical (unpaired) electrons. The Hall–Kier alpha value is -2.18. The number of benzene rings is 2. The molecule has 3 rings (SSSR count). The molecule has 0 saturated heterocycles. The molecule has 0 aliphatic carbocycles. The second-order valence-electron chi connectivity index (χ2n) is 5.16. The van der Waals surface area contributed by atoms with E-state index in [4.69, 9.17) is 5.73 Å². The van der Waals surface area contributed by atoms with Crippen molar-refractivity contribution in [3.8, 4) is 11.3 Å². The number of aliphatic imine (C=N–C) groups is 1. The maximum atomic E-state index is 5.94.